The average Bonchev–Trinajstić information content (AvgIpc) is 1.88. The van der Waals surface area contributed by atoms with Gasteiger partial charge in [-0.2, -0.15) is 0 Å². The molecule has 0 aromatic heterocycles. The van der Waals surface area contributed by atoms with Crippen molar-refractivity contribution in [3.63, 3.8) is 0 Å². The predicted molar refractivity (Wildman–Crippen MR) is 40.5 cm³/mol. The molecule has 3 heteroatoms. The highest BCUT2D eigenvalue weighted by atomic mass is 16.3. The summed E-state index contributed by atoms with van der Waals surface area (Å²) in [5, 5.41) is 17.4. The molecule has 0 amide bonds. The molecular weight excluding hydrogens is 130 g/mol. The SMILES string of the molecule is CC(C)C(N)(CO)CCO. The maximum absolute atomic E-state index is 8.85. The van der Waals surface area contributed by atoms with Gasteiger partial charge in [-0.25, -0.2) is 0 Å². The molecule has 0 aliphatic rings. The van der Waals surface area contributed by atoms with Crippen LogP contribution in [0.3, 0.4) is 0 Å². The normalized spacial score (nSPS) is 17.4. The largest absolute Gasteiger partial charge is 0.396 e. The van der Waals surface area contributed by atoms with Crippen LogP contribution < -0.4 is 5.73 Å². The van der Waals surface area contributed by atoms with E-state index in [9.17, 15) is 0 Å². The molecule has 0 rings (SSSR count). The number of hydrogen-bond donors (Lipinski definition) is 3. The second-order valence-corrected chi connectivity index (χ2v) is 3.02. The van der Waals surface area contributed by atoms with Gasteiger partial charge in [0.2, 0.25) is 0 Å². The second kappa shape index (κ2) is 3.91. The minimum absolute atomic E-state index is 0.0369. The molecule has 3 nitrogen and oxygen atoms in total. The van der Waals surface area contributed by atoms with Crippen LogP contribution in [0.1, 0.15) is 20.3 Å². The molecule has 0 aliphatic carbocycles. The molecular formula is C7H17NO2. The molecule has 0 bridgehead atoms. The van der Waals surface area contributed by atoms with E-state index in [-0.39, 0.29) is 19.1 Å². The van der Waals surface area contributed by atoms with Crippen LogP contribution in [0.15, 0.2) is 0 Å². The van der Waals surface area contributed by atoms with Crippen molar-refractivity contribution in [3.05, 3.63) is 0 Å². The van der Waals surface area contributed by atoms with Gasteiger partial charge in [-0.1, -0.05) is 13.8 Å². The Kier molecular flexibility index (Phi) is 3.86. The zero-order valence-electron chi connectivity index (χ0n) is 6.67. The third-order valence-corrected chi connectivity index (χ3v) is 2.02. The van der Waals surface area contributed by atoms with Crippen LogP contribution in [-0.4, -0.2) is 29.0 Å². The van der Waals surface area contributed by atoms with Crippen molar-refractivity contribution in [1.82, 2.24) is 0 Å². The van der Waals surface area contributed by atoms with E-state index < -0.39 is 5.54 Å². The Balaban J connectivity index is 3.94. The topological polar surface area (TPSA) is 66.5 Å². The summed E-state index contributed by atoms with van der Waals surface area (Å²) < 4.78 is 0. The highest BCUT2D eigenvalue weighted by Crippen LogP contribution is 2.16. The van der Waals surface area contributed by atoms with Gasteiger partial charge in [0.05, 0.1) is 6.61 Å². The van der Waals surface area contributed by atoms with Gasteiger partial charge in [-0.05, 0) is 12.3 Å². The highest BCUT2D eigenvalue weighted by Gasteiger charge is 2.26. The summed E-state index contributed by atoms with van der Waals surface area (Å²) in [7, 11) is 0. The molecule has 0 fully saturated rings. The fourth-order valence-corrected chi connectivity index (χ4v) is 0.758. The Labute approximate surface area is 61.9 Å². The average molecular weight is 147 g/mol. The highest BCUT2D eigenvalue weighted by molar-refractivity contribution is 4.85. The van der Waals surface area contributed by atoms with Gasteiger partial charge in [0.1, 0.15) is 0 Å². The number of aliphatic hydroxyl groups excluding tert-OH is 2. The fourth-order valence-electron chi connectivity index (χ4n) is 0.758. The molecule has 62 valence electrons. The summed E-state index contributed by atoms with van der Waals surface area (Å²) >= 11 is 0. The lowest BCUT2D eigenvalue weighted by atomic mass is 9.85. The van der Waals surface area contributed by atoms with Crippen molar-refractivity contribution in [3.8, 4) is 0 Å². The summed E-state index contributed by atoms with van der Waals surface area (Å²) in [5.74, 6) is 0.199. The van der Waals surface area contributed by atoms with Gasteiger partial charge in [-0.3, -0.25) is 0 Å². The third-order valence-electron chi connectivity index (χ3n) is 2.02. The van der Waals surface area contributed by atoms with Gasteiger partial charge in [0.15, 0.2) is 0 Å². The van der Waals surface area contributed by atoms with E-state index in [2.05, 4.69) is 0 Å². The number of aliphatic hydroxyl groups is 2. The van der Waals surface area contributed by atoms with Gasteiger partial charge in [-0.15, -0.1) is 0 Å². The smallest absolute Gasteiger partial charge is 0.0614 e. The van der Waals surface area contributed by atoms with Crippen LogP contribution >= 0.6 is 0 Å². The predicted octanol–water partition coefficient (Wildman–Crippen LogP) is -0.285. The summed E-state index contributed by atoms with van der Waals surface area (Å²) in [4.78, 5) is 0. The van der Waals surface area contributed by atoms with Crippen molar-refractivity contribution in [2.75, 3.05) is 13.2 Å². The summed E-state index contributed by atoms with van der Waals surface area (Å²) in [6, 6.07) is 0. The number of nitrogens with two attached hydrogens (primary N) is 1. The molecule has 0 aromatic carbocycles. The maximum Gasteiger partial charge on any atom is 0.0614 e. The monoisotopic (exact) mass is 147 g/mol. The van der Waals surface area contributed by atoms with E-state index in [0.29, 0.717) is 6.42 Å². The molecule has 0 heterocycles. The van der Waals surface area contributed by atoms with Crippen LogP contribution in [0.4, 0.5) is 0 Å². The molecule has 0 aromatic rings. The van der Waals surface area contributed by atoms with Crippen LogP contribution in [0.5, 0.6) is 0 Å². The van der Waals surface area contributed by atoms with Gasteiger partial charge in [0, 0.05) is 12.1 Å². The summed E-state index contributed by atoms with van der Waals surface area (Å²) in [5.41, 5.74) is 5.14. The first-order valence-electron chi connectivity index (χ1n) is 3.57. The first kappa shape index (κ1) is 9.88. The van der Waals surface area contributed by atoms with Crippen molar-refractivity contribution < 1.29 is 10.2 Å². The van der Waals surface area contributed by atoms with Crippen LogP contribution in [-0.2, 0) is 0 Å². The van der Waals surface area contributed by atoms with Crippen molar-refractivity contribution in [2.45, 2.75) is 25.8 Å². The van der Waals surface area contributed by atoms with E-state index in [1.165, 1.54) is 0 Å². The van der Waals surface area contributed by atoms with Gasteiger partial charge < -0.3 is 15.9 Å². The number of hydrogen-bond acceptors (Lipinski definition) is 3. The van der Waals surface area contributed by atoms with Gasteiger partial charge in [0.25, 0.3) is 0 Å². The Morgan fingerprint density at radius 1 is 1.40 bits per heavy atom. The Morgan fingerprint density at radius 3 is 2.00 bits per heavy atom. The maximum atomic E-state index is 8.85. The first-order chi connectivity index (χ1) is 4.56. The molecule has 10 heavy (non-hydrogen) atoms. The molecule has 0 saturated carbocycles. The Hall–Kier alpha value is -0.120. The molecule has 0 saturated heterocycles. The fraction of sp³-hybridized carbons (Fsp3) is 1.00. The van der Waals surface area contributed by atoms with E-state index >= 15 is 0 Å². The lowest BCUT2D eigenvalue weighted by Gasteiger charge is -2.30. The van der Waals surface area contributed by atoms with Crippen molar-refractivity contribution in [2.24, 2.45) is 11.7 Å². The Bertz CT molecular complexity index is 95.6. The Morgan fingerprint density at radius 2 is 1.90 bits per heavy atom. The van der Waals surface area contributed by atoms with E-state index in [4.69, 9.17) is 15.9 Å². The van der Waals surface area contributed by atoms with Crippen LogP contribution in [0.2, 0.25) is 0 Å². The molecule has 1 unspecified atom stereocenters. The zero-order chi connectivity index (χ0) is 8.20. The molecule has 0 aliphatic heterocycles. The molecule has 0 radical (unpaired) electrons. The summed E-state index contributed by atoms with van der Waals surface area (Å²) in [6.07, 6.45) is 0.459. The molecule has 1 atom stereocenters. The lowest BCUT2D eigenvalue weighted by Crippen LogP contribution is -2.49. The standard InChI is InChI=1S/C7H17NO2/c1-6(2)7(8,5-10)3-4-9/h6,9-10H,3-5,8H2,1-2H3. The van der Waals surface area contributed by atoms with Gasteiger partial charge >= 0.3 is 0 Å². The molecule has 4 N–H and O–H groups in total. The third kappa shape index (κ3) is 2.25. The molecule has 0 spiro atoms. The van der Waals surface area contributed by atoms with E-state index in [0.717, 1.165) is 0 Å². The van der Waals surface area contributed by atoms with Crippen LogP contribution in [0, 0.1) is 5.92 Å². The lowest BCUT2D eigenvalue weighted by molar-refractivity contribution is 0.121. The minimum atomic E-state index is -0.602. The quantitative estimate of drug-likeness (QED) is 0.512. The van der Waals surface area contributed by atoms with Crippen molar-refractivity contribution >= 4 is 0 Å². The first-order valence-corrected chi connectivity index (χ1v) is 3.57. The summed E-state index contributed by atoms with van der Waals surface area (Å²) in [6.45, 7) is 3.85. The van der Waals surface area contributed by atoms with Crippen molar-refractivity contribution in [1.29, 1.82) is 0 Å². The number of rotatable bonds is 4. The minimum Gasteiger partial charge on any atom is -0.396 e. The van der Waals surface area contributed by atoms with E-state index in [1.807, 2.05) is 13.8 Å². The van der Waals surface area contributed by atoms with Crippen LogP contribution in [0.25, 0.3) is 0 Å². The second-order valence-electron chi connectivity index (χ2n) is 3.02. The van der Waals surface area contributed by atoms with E-state index in [1.54, 1.807) is 0 Å². The zero-order valence-corrected chi connectivity index (χ0v) is 6.67.